The number of rotatable bonds is 8. The van der Waals surface area contributed by atoms with E-state index in [9.17, 15) is 4.79 Å². The maximum absolute atomic E-state index is 15.1. The van der Waals surface area contributed by atoms with Crippen LogP contribution in [0, 0.1) is 11.7 Å². The second-order valence-corrected chi connectivity index (χ2v) is 8.58. The van der Waals surface area contributed by atoms with Crippen molar-refractivity contribution in [3.63, 3.8) is 0 Å². The highest BCUT2D eigenvalue weighted by atomic mass is 19.1. The van der Waals surface area contributed by atoms with E-state index in [0.717, 1.165) is 24.3 Å². The molecule has 1 aromatic heterocycles. The summed E-state index contributed by atoms with van der Waals surface area (Å²) < 4.78 is 21.2. The largest absolute Gasteiger partial charge is 0.489 e. The number of amides is 1. The topological polar surface area (TPSA) is 70.6 Å². The molecule has 7 nitrogen and oxygen atoms in total. The summed E-state index contributed by atoms with van der Waals surface area (Å²) in [7, 11) is 1.85. The van der Waals surface area contributed by atoms with Gasteiger partial charge in [-0.1, -0.05) is 26.0 Å². The van der Waals surface area contributed by atoms with Gasteiger partial charge in [-0.25, -0.2) is 9.97 Å². The molecule has 2 heterocycles. The number of carbonyl (C=O) groups is 1. The molecule has 1 aliphatic heterocycles. The first-order valence-electron chi connectivity index (χ1n) is 10.7. The van der Waals surface area contributed by atoms with E-state index in [-0.39, 0.29) is 23.9 Å². The van der Waals surface area contributed by atoms with Crippen LogP contribution in [0.4, 0.5) is 16.0 Å². The van der Waals surface area contributed by atoms with Gasteiger partial charge in [0.05, 0.1) is 12.6 Å². The molecular weight excluding hydrogens is 397 g/mol. The molecule has 1 amide bonds. The lowest BCUT2D eigenvalue weighted by Crippen LogP contribution is -2.29. The second kappa shape index (κ2) is 9.94. The van der Waals surface area contributed by atoms with Gasteiger partial charge >= 0.3 is 0 Å². The third-order valence-electron chi connectivity index (χ3n) is 5.30. The summed E-state index contributed by atoms with van der Waals surface area (Å²) in [5.74, 6) is 1.36. The highest BCUT2D eigenvalue weighted by molar-refractivity contribution is 5.73. The number of carbonyl (C=O) groups excluding carboxylic acids is 1. The van der Waals surface area contributed by atoms with Crippen LogP contribution in [0.3, 0.4) is 0 Å². The Kier molecular flexibility index (Phi) is 7.30. The van der Waals surface area contributed by atoms with Crippen LogP contribution >= 0.6 is 0 Å². The molecule has 1 aromatic carbocycles. The van der Waals surface area contributed by atoms with Crippen LogP contribution < -0.4 is 19.9 Å². The third-order valence-corrected chi connectivity index (χ3v) is 5.30. The predicted molar refractivity (Wildman–Crippen MR) is 120 cm³/mol. The Bertz CT molecular complexity index is 890. The summed E-state index contributed by atoms with van der Waals surface area (Å²) in [5, 5.41) is 2.87. The average Bonchev–Trinajstić information content (AvgIpc) is 3.15. The van der Waals surface area contributed by atoms with E-state index in [4.69, 9.17) is 4.74 Å². The number of nitrogens with zero attached hydrogens (tertiary/aromatic N) is 4. The Labute approximate surface area is 183 Å². The quantitative estimate of drug-likeness (QED) is 0.692. The Balaban J connectivity index is 1.62. The van der Waals surface area contributed by atoms with E-state index in [1.54, 1.807) is 0 Å². The summed E-state index contributed by atoms with van der Waals surface area (Å²) in [4.78, 5) is 23.3. The number of halogens is 1. The minimum atomic E-state index is -0.386. The van der Waals surface area contributed by atoms with Gasteiger partial charge in [0.2, 0.25) is 11.7 Å². The molecule has 0 radical (unpaired) electrons. The number of hydrogen-bond acceptors (Lipinski definition) is 6. The third kappa shape index (κ3) is 5.83. The van der Waals surface area contributed by atoms with Crippen molar-refractivity contribution in [1.82, 2.24) is 15.3 Å². The fourth-order valence-electron chi connectivity index (χ4n) is 3.90. The van der Waals surface area contributed by atoms with E-state index >= 15 is 4.39 Å². The van der Waals surface area contributed by atoms with Gasteiger partial charge in [0, 0.05) is 33.5 Å². The lowest BCUT2D eigenvalue weighted by molar-refractivity contribution is -0.119. The number of hydrogen-bond donors (Lipinski definition) is 1. The van der Waals surface area contributed by atoms with Crippen LogP contribution in [0.15, 0.2) is 30.6 Å². The van der Waals surface area contributed by atoms with E-state index in [0.29, 0.717) is 30.6 Å². The zero-order valence-electron chi connectivity index (χ0n) is 18.9. The number of benzene rings is 1. The highest BCUT2D eigenvalue weighted by Crippen LogP contribution is 2.28. The first-order chi connectivity index (χ1) is 14.7. The van der Waals surface area contributed by atoms with Crippen molar-refractivity contribution in [2.45, 2.75) is 46.3 Å². The highest BCUT2D eigenvalue weighted by Gasteiger charge is 2.29. The second-order valence-electron chi connectivity index (χ2n) is 8.58. The molecule has 2 aromatic rings. The van der Waals surface area contributed by atoms with Gasteiger partial charge in [-0.3, -0.25) is 4.79 Å². The first kappa shape index (κ1) is 22.8. The average molecular weight is 430 g/mol. The first-order valence-corrected chi connectivity index (χ1v) is 10.7. The Morgan fingerprint density at radius 2 is 2.00 bits per heavy atom. The number of nitrogens with one attached hydrogen (secondary N) is 1. The van der Waals surface area contributed by atoms with Crippen molar-refractivity contribution in [2.75, 3.05) is 36.5 Å². The van der Waals surface area contributed by atoms with Crippen molar-refractivity contribution >= 4 is 17.5 Å². The molecule has 1 fully saturated rings. The molecule has 0 spiro atoms. The lowest BCUT2D eigenvalue weighted by Gasteiger charge is -2.24. The molecule has 31 heavy (non-hydrogen) atoms. The van der Waals surface area contributed by atoms with Crippen LogP contribution in [-0.2, 0) is 4.79 Å². The number of ether oxygens (including phenoxy) is 1. The van der Waals surface area contributed by atoms with Gasteiger partial charge in [0.25, 0.3) is 0 Å². The van der Waals surface area contributed by atoms with Crippen molar-refractivity contribution in [3.05, 3.63) is 42.0 Å². The molecule has 3 rings (SSSR count). The van der Waals surface area contributed by atoms with Gasteiger partial charge in [-0.05, 0) is 30.5 Å². The molecule has 2 atom stereocenters. The van der Waals surface area contributed by atoms with Gasteiger partial charge < -0.3 is 19.9 Å². The molecular formula is C23H32FN5O2. The monoisotopic (exact) mass is 429 g/mol. The van der Waals surface area contributed by atoms with Gasteiger partial charge in [-0.2, -0.15) is 4.39 Å². The summed E-state index contributed by atoms with van der Waals surface area (Å²) in [6.07, 6.45) is 2.16. The summed E-state index contributed by atoms with van der Waals surface area (Å²) in [6, 6.07) is 7.64. The Morgan fingerprint density at radius 3 is 2.65 bits per heavy atom. The molecule has 1 aliphatic rings. The Morgan fingerprint density at radius 1 is 1.29 bits per heavy atom. The SMILES string of the molecule is CC(=O)N[C@@H](C)c1ccc(O[C@@H]2CCN(c3ncnc(N(C)CC(C)C)c3F)C2)cc1. The fourth-order valence-corrected chi connectivity index (χ4v) is 3.90. The van der Waals surface area contributed by atoms with Crippen molar-refractivity contribution in [2.24, 2.45) is 5.92 Å². The fraction of sp³-hybridized carbons (Fsp3) is 0.522. The van der Waals surface area contributed by atoms with Crippen LogP contribution in [0.25, 0.3) is 0 Å². The molecule has 1 saturated heterocycles. The normalized spacial score (nSPS) is 17.0. The van der Waals surface area contributed by atoms with Gasteiger partial charge in [-0.15, -0.1) is 0 Å². The predicted octanol–water partition coefficient (Wildman–Crippen LogP) is 3.56. The standard InChI is InChI=1S/C23H32FN5O2/c1-15(2)12-28(5)22-21(24)23(26-14-25-22)29-11-10-20(13-29)31-19-8-6-18(7-9-19)16(3)27-17(4)30/h6-9,14-16,20H,10-13H2,1-5H3,(H,27,30)/t16-,20+/m0/s1. The van der Waals surface area contributed by atoms with Crippen molar-refractivity contribution in [3.8, 4) is 5.75 Å². The molecule has 168 valence electrons. The minimum absolute atomic E-state index is 0.0511. The number of anilines is 2. The lowest BCUT2D eigenvalue weighted by atomic mass is 10.1. The maximum atomic E-state index is 15.1. The molecule has 0 unspecified atom stereocenters. The smallest absolute Gasteiger partial charge is 0.217 e. The summed E-state index contributed by atoms with van der Waals surface area (Å²) in [6.45, 7) is 9.57. The van der Waals surface area contributed by atoms with Gasteiger partial charge in [0.15, 0.2) is 11.6 Å². The van der Waals surface area contributed by atoms with Crippen LogP contribution in [-0.4, -0.2) is 48.7 Å². The van der Waals surface area contributed by atoms with Crippen molar-refractivity contribution in [1.29, 1.82) is 0 Å². The Hall–Kier alpha value is -2.90. The van der Waals surface area contributed by atoms with Gasteiger partial charge in [0.1, 0.15) is 18.2 Å². The van der Waals surface area contributed by atoms with Crippen LogP contribution in [0.5, 0.6) is 5.75 Å². The molecule has 0 aliphatic carbocycles. The molecule has 0 saturated carbocycles. The minimum Gasteiger partial charge on any atom is -0.489 e. The van der Waals surface area contributed by atoms with E-state index < -0.39 is 0 Å². The van der Waals surface area contributed by atoms with E-state index in [1.807, 2.05) is 48.0 Å². The zero-order valence-corrected chi connectivity index (χ0v) is 18.9. The maximum Gasteiger partial charge on any atom is 0.217 e. The number of aromatic nitrogens is 2. The molecule has 1 N–H and O–H groups in total. The summed E-state index contributed by atoms with van der Waals surface area (Å²) in [5.41, 5.74) is 1.01. The molecule has 8 heteroatoms. The molecule has 0 bridgehead atoms. The van der Waals surface area contributed by atoms with Crippen molar-refractivity contribution < 1.29 is 13.9 Å². The van der Waals surface area contributed by atoms with Crippen LogP contribution in [0.1, 0.15) is 45.7 Å². The van der Waals surface area contributed by atoms with Crippen LogP contribution in [0.2, 0.25) is 0 Å². The summed E-state index contributed by atoms with van der Waals surface area (Å²) >= 11 is 0. The van der Waals surface area contributed by atoms with E-state index in [2.05, 4.69) is 29.1 Å². The van der Waals surface area contributed by atoms with E-state index in [1.165, 1.54) is 13.3 Å². The zero-order chi connectivity index (χ0) is 22.5.